The number of rotatable bonds is 4. The number of thiophene rings is 1. The predicted molar refractivity (Wildman–Crippen MR) is 89.2 cm³/mol. The van der Waals surface area contributed by atoms with Crippen molar-refractivity contribution >= 4 is 21.4 Å². The van der Waals surface area contributed by atoms with E-state index in [2.05, 4.69) is 48.8 Å². The van der Waals surface area contributed by atoms with Crippen molar-refractivity contribution in [2.45, 2.75) is 52.1 Å². The topological polar surface area (TPSA) is 12.0 Å². The molecule has 2 aromatic rings. The molecule has 1 N–H and O–H groups in total. The fraction of sp³-hybridized carbons (Fsp3) is 0.556. The van der Waals surface area contributed by atoms with Gasteiger partial charge in [0, 0.05) is 17.3 Å². The lowest BCUT2D eigenvalue weighted by Gasteiger charge is -2.35. The van der Waals surface area contributed by atoms with Crippen molar-refractivity contribution in [3.63, 3.8) is 0 Å². The number of fused-ring (bicyclic) bond motifs is 1. The quantitative estimate of drug-likeness (QED) is 0.814. The Morgan fingerprint density at radius 1 is 1.20 bits per heavy atom. The van der Waals surface area contributed by atoms with Crippen LogP contribution in [0, 0.1) is 11.8 Å². The second kappa shape index (κ2) is 6.28. The molecule has 1 aliphatic carbocycles. The van der Waals surface area contributed by atoms with Crippen molar-refractivity contribution in [2.75, 3.05) is 0 Å². The number of hydrogen-bond donors (Lipinski definition) is 1. The molecule has 0 bridgehead atoms. The van der Waals surface area contributed by atoms with Gasteiger partial charge >= 0.3 is 0 Å². The highest BCUT2D eigenvalue weighted by molar-refractivity contribution is 7.17. The standard InChI is InChI=1S/C18H25NS/c1-13(2)15-7-3-5-9-17(15)19-11-14-12-20-18-10-6-4-8-16(14)18/h4,6,8,10,12-13,15,17,19H,3,5,7,9,11H2,1-2H3. The summed E-state index contributed by atoms with van der Waals surface area (Å²) >= 11 is 1.87. The van der Waals surface area contributed by atoms with Gasteiger partial charge in [0.2, 0.25) is 0 Å². The van der Waals surface area contributed by atoms with Gasteiger partial charge in [-0.25, -0.2) is 0 Å². The molecule has 1 aromatic carbocycles. The molecule has 1 aliphatic rings. The molecular weight excluding hydrogens is 262 g/mol. The van der Waals surface area contributed by atoms with Crippen LogP contribution in [0.25, 0.3) is 10.1 Å². The maximum atomic E-state index is 3.85. The Labute approximate surface area is 126 Å². The molecule has 1 saturated carbocycles. The fourth-order valence-electron chi connectivity index (χ4n) is 3.62. The fourth-order valence-corrected chi connectivity index (χ4v) is 4.58. The number of nitrogens with one attached hydrogen (secondary N) is 1. The molecule has 1 heterocycles. The van der Waals surface area contributed by atoms with Gasteiger partial charge in [0.25, 0.3) is 0 Å². The third kappa shape index (κ3) is 2.91. The van der Waals surface area contributed by atoms with Crippen LogP contribution >= 0.6 is 11.3 Å². The molecule has 0 saturated heterocycles. The van der Waals surface area contributed by atoms with Crippen molar-refractivity contribution in [1.82, 2.24) is 5.32 Å². The van der Waals surface area contributed by atoms with Gasteiger partial charge in [-0.15, -0.1) is 11.3 Å². The van der Waals surface area contributed by atoms with E-state index in [-0.39, 0.29) is 0 Å². The first kappa shape index (κ1) is 14.1. The third-order valence-corrected chi connectivity index (χ3v) is 5.80. The van der Waals surface area contributed by atoms with Gasteiger partial charge in [-0.2, -0.15) is 0 Å². The number of hydrogen-bond acceptors (Lipinski definition) is 2. The summed E-state index contributed by atoms with van der Waals surface area (Å²) < 4.78 is 1.41. The molecule has 0 amide bonds. The van der Waals surface area contributed by atoms with E-state index in [4.69, 9.17) is 0 Å². The van der Waals surface area contributed by atoms with Crippen LogP contribution in [-0.2, 0) is 6.54 Å². The van der Waals surface area contributed by atoms with Crippen molar-refractivity contribution in [3.8, 4) is 0 Å². The highest BCUT2D eigenvalue weighted by Gasteiger charge is 2.27. The van der Waals surface area contributed by atoms with Crippen molar-refractivity contribution in [1.29, 1.82) is 0 Å². The lowest BCUT2D eigenvalue weighted by Crippen LogP contribution is -2.40. The average molecular weight is 287 g/mol. The van der Waals surface area contributed by atoms with E-state index in [0.717, 1.165) is 18.4 Å². The van der Waals surface area contributed by atoms with Crippen LogP contribution in [0.1, 0.15) is 45.1 Å². The molecule has 1 fully saturated rings. The van der Waals surface area contributed by atoms with E-state index < -0.39 is 0 Å². The second-order valence-electron chi connectivity index (χ2n) is 6.44. The average Bonchev–Trinajstić information content (AvgIpc) is 2.88. The summed E-state index contributed by atoms with van der Waals surface area (Å²) in [5.41, 5.74) is 1.47. The normalized spacial score (nSPS) is 23.6. The maximum Gasteiger partial charge on any atom is 0.0346 e. The van der Waals surface area contributed by atoms with Crippen molar-refractivity contribution in [2.24, 2.45) is 11.8 Å². The van der Waals surface area contributed by atoms with Gasteiger partial charge in [0.05, 0.1) is 0 Å². The Hall–Kier alpha value is -0.860. The lowest BCUT2D eigenvalue weighted by molar-refractivity contribution is 0.205. The van der Waals surface area contributed by atoms with Crippen LogP contribution in [0.2, 0.25) is 0 Å². The lowest BCUT2D eigenvalue weighted by atomic mass is 9.78. The van der Waals surface area contributed by atoms with Crippen molar-refractivity contribution < 1.29 is 0 Å². The molecule has 0 radical (unpaired) electrons. The van der Waals surface area contributed by atoms with Crippen LogP contribution in [0.15, 0.2) is 29.6 Å². The Morgan fingerprint density at radius 2 is 2.00 bits per heavy atom. The molecular formula is C18H25NS. The smallest absolute Gasteiger partial charge is 0.0346 e. The van der Waals surface area contributed by atoms with Crippen LogP contribution in [-0.4, -0.2) is 6.04 Å². The largest absolute Gasteiger partial charge is 0.310 e. The van der Waals surface area contributed by atoms with Crippen LogP contribution < -0.4 is 5.32 Å². The van der Waals surface area contributed by atoms with Gasteiger partial charge in [-0.1, -0.05) is 44.9 Å². The summed E-state index contributed by atoms with van der Waals surface area (Å²) in [5, 5.41) is 7.61. The Bertz CT molecular complexity index is 557. The first-order chi connectivity index (χ1) is 9.75. The summed E-state index contributed by atoms with van der Waals surface area (Å²) in [5.74, 6) is 1.65. The van der Waals surface area contributed by atoms with Crippen LogP contribution in [0.4, 0.5) is 0 Å². The molecule has 3 rings (SSSR count). The first-order valence-electron chi connectivity index (χ1n) is 7.94. The molecule has 108 valence electrons. The van der Waals surface area contributed by atoms with Gasteiger partial charge in [-0.05, 0) is 47.1 Å². The molecule has 0 aliphatic heterocycles. The zero-order valence-corrected chi connectivity index (χ0v) is 13.4. The Morgan fingerprint density at radius 3 is 2.85 bits per heavy atom. The first-order valence-corrected chi connectivity index (χ1v) is 8.82. The zero-order valence-electron chi connectivity index (χ0n) is 12.6. The van der Waals surface area contributed by atoms with E-state index in [1.165, 1.54) is 41.3 Å². The highest BCUT2D eigenvalue weighted by atomic mass is 32.1. The monoisotopic (exact) mass is 287 g/mol. The second-order valence-corrected chi connectivity index (χ2v) is 7.35. The zero-order chi connectivity index (χ0) is 13.9. The molecule has 20 heavy (non-hydrogen) atoms. The minimum Gasteiger partial charge on any atom is -0.310 e. The van der Waals surface area contributed by atoms with E-state index in [9.17, 15) is 0 Å². The SMILES string of the molecule is CC(C)C1CCCCC1NCc1csc2ccccc12. The van der Waals surface area contributed by atoms with E-state index in [0.29, 0.717) is 6.04 Å². The summed E-state index contributed by atoms with van der Waals surface area (Å²) in [6.07, 6.45) is 5.57. The summed E-state index contributed by atoms with van der Waals surface area (Å²) in [4.78, 5) is 0. The van der Waals surface area contributed by atoms with E-state index >= 15 is 0 Å². The predicted octanol–water partition coefficient (Wildman–Crippen LogP) is 5.21. The summed E-state index contributed by atoms with van der Waals surface area (Å²) in [6.45, 7) is 5.78. The highest BCUT2D eigenvalue weighted by Crippen LogP contribution is 2.31. The molecule has 2 heteroatoms. The molecule has 1 nitrogen and oxygen atoms in total. The van der Waals surface area contributed by atoms with Crippen LogP contribution in [0.3, 0.4) is 0 Å². The molecule has 2 unspecified atom stereocenters. The van der Waals surface area contributed by atoms with E-state index in [1.54, 1.807) is 0 Å². The van der Waals surface area contributed by atoms with Crippen LogP contribution in [0.5, 0.6) is 0 Å². The Kier molecular flexibility index (Phi) is 4.42. The molecule has 2 atom stereocenters. The van der Waals surface area contributed by atoms with Gasteiger partial charge in [-0.3, -0.25) is 0 Å². The minimum absolute atomic E-state index is 0.711. The maximum absolute atomic E-state index is 3.85. The molecule has 0 spiro atoms. The van der Waals surface area contributed by atoms with Gasteiger partial charge < -0.3 is 5.32 Å². The Balaban J connectivity index is 1.69. The van der Waals surface area contributed by atoms with E-state index in [1.807, 2.05) is 11.3 Å². The van der Waals surface area contributed by atoms with Crippen molar-refractivity contribution in [3.05, 3.63) is 35.2 Å². The summed E-state index contributed by atoms with van der Waals surface area (Å²) in [6, 6.07) is 9.47. The van der Waals surface area contributed by atoms with Gasteiger partial charge in [0.15, 0.2) is 0 Å². The third-order valence-electron chi connectivity index (χ3n) is 4.79. The molecule has 1 aromatic heterocycles. The summed E-state index contributed by atoms with van der Waals surface area (Å²) in [7, 11) is 0. The minimum atomic E-state index is 0.711. The van der Waals surface area contributed by atoms with Gasteiger partial charge in [0.1, 0.15) is 0 Å². The number of benzene rings is 1.